The highest BCUT2D eigenvalue weighted by Gasteiger charge is 2.17. The van der Waals surface area contributed by atoms with E-state index in [1.54, 1.807) is 6.07 Å². The maximum atomic E-state index is 10.9. The molecule has 2 aromatic carbocycles. The number of ether oxygens (including phenoxy) is 1. The molecule has 0 fully saturated rings. The summed E-state index contributed by atoms with van der Waals surface area (Å²) in [5.74, 6) is 0.453. The van der Waals surface area contributed by atoms with E-state index in [1.807, 2.05) is 30.3 Å². The van der Waals surface area contributed by atoms with E-state index < -0.39 is 0 Å². The molecule has 0 bridgehead atoms. The first-order valence-electron chi connectivity index (χ1n) is 5.25. The Morgan fingerprint density at radius 1 is 1.17 bits per heavy atom. The molecule has 0 saturated carbocycles. The first kappa shape index (κ1) is 12.9. The van der Waals surface area contributed by atoms with Crippen LogP contribution >= 0.6 is 23.2 Å². The molecular weight excluding hydrogens is 271 g/mol. The molecule has 0 heterocycles. The Morgan fingerprint density at radius 3 is 2.39 bits per heavy atom. The molecule has 0 unspecified atom stereocenters. The van der Waals surface area contributed by atoms with Gasteiger partial charge in [0.15, 0.2) is 6.29 Å². The van der Waals surface area contributed by atoms with Gasteiger partial charge in [-0.05, 0) is 11.6 Å². The average molecular weight is 281 g/mol. The first-order valence-corrected chi connectivity index (χ1v) is 6.01. The molecule has 0 amide bonds. The fourth-order valence-corrected chi connectivity index (χ4v) is 2.38. The van der Waals surface area contributed by atoms with Crippen molar-refractivity contribution in [3.8, 4) is 16.9 Å². The second kappa shape index (κ2) is 5.42. The number of rotatable bonds is 3. The molecular formula is C14H10Cl2O2. The molecule has 0 atom stereocenters. The number of carbonyl (C=O) groups excluding carboxylic acids is 1. The predicted octanol–water partition coefficient (Wildman–Crippen LogP) is 4.48. The second-order valence-electron chi connectivity index (χ2n) is 3.65. The van der Waals surface area contributed by atoms with Crippen LogP contribution in [-0.2, 0) is 0 Å². The van der Waals surface area contributed by atoms with Gasteiger partial charge in [-0.3, -0.25) is 4.79 Å². The molecule has 2 aromatic rings. The molecule has 0 saturated heterocycles. The number of hydrogen-bond acceptors (Lipinski definition) is 2. The number of carbonyl (C=O) groups is 1. The third kappa shape index (κ3) is 2.22. The molecule has 0 aromatic heterocycles. The summed E-state index contributed by atoms with van der Waals surface area (Å²) in [5, 5.41) is 0.550. The standard InChI is InChI=1S/C14H10Cl2O2/c1-18-14-10(9-5-3-2-4-6-9)7-12(15)11(8-17)13(14)16/h2-8H,1H3. The van der Waals surface area contributed by atoms with E-state index in [9.17, 15) is 4.79 Å². The zero-order valence-electron chi connectivity index (χ0n) is 9.61. The van der Waals surface area contributed by atoms with Crippen molar-refractivity contribution in [2.24, 2.45) is 0 Å². The maximum absolute atomic E-state index is 10.9. The molecule has 2 rings (SSSR count). The minimum Gasteiger partial charge on any atom is -0.495 e. The van der Waals surface area contributed by atoms with Crippen LogP contribution in [-0.4, -0.2) is 13.4 Å². The molecule has 0 aliphatic rings. The fourth-order valence-electron chi connectivity index (χ4n) is 1.76. The van der Waals surface area contributed by atoms with E-state index in [0.717, 1.165) is 11.1 Å². The van der Waals surface area contributed by atoms with Gasteiger partial charge in [0.2, 0.25) is 0 Å². The normalized spacial score (nSPS) is 10.2. The maximum Gasteiger partial charge on any atom is 0.153 e. The van der Waals surface area contributed by atoms with Crippen molar-refractivity contribution in [2.45, 2.75) is 0 Å². The Bertz CT molecular complexity index is 580. The molecule has 92 valence electrons. The molecule has 0 radical (unpaired) electrons. The second-order valence-corrected chi connectivity index (χ2v) is 4.44. The van der Waals surface area contributed by atoms with Crippen LogP contribution in [0.4, 0.5) is 0 Å². The summed E-state index contributed by atoms with van der Waals surface area (Å²) < 4.78 is 5.28. The molecule has 0 spiro atoms. The number of benzene rings is 2. The van der Waals surface area contributed by atoms with E-state index in [2.05, 4.69) is 0 Å². The van der Waals surface area contributed by atoms with Gasteiger partial charge in [0, 0.05) is 5.56 Å². The van der Waals surface area contributed by atoms with Gasteiger partial charge >= 0.3 is 0 Å². The Labute approximate surface area is 115 Å². The van der Waals surface area contributed by atoms with Crippen molar-refractivity contribution in [3.63, 3.8) is 0 Å². The van der Waals surface area contributed by atoms with E-state index in [4.69, 9.17) is 27.9 Å². The van der Waals surface area contributed by atoms with Gasteiger partial charge in [0.25, 0.3) is 0 Å². The lowest BCUT2D eigenvalue weighted by atomic mass is 10.0. The van der Waals surface area contributed by atoms with Crippen LogP contribution < -0.4 is 4.74 Å². The van der Waals surface area contributed by atoms with Crippen molar-refractivity contribution >= 4 is 29.5 Å². The largest absolute Gasteiger partial charge is 0.495 e. The quantitative estimate of drug-likeness (QED) is 0.775. The molecule has 0 N–H and O–H groups in total. The van der Waals surface area contributed by atoms with Gasteiger partial charge < -0.3 is 4.74 Å². The lowest BCUT2D eigenvalue weighted by Gasteiger charge is -2.13. The monoisotopic (exact) mass is 280 g/mol. The number of methoxy groups -OCH3 is 1. The van der Waals surface area contributed by atoms with Gasteiger partial charge in [-0.25, -0.2) is 0 Å². The van der Waals surface area contributed by atoms with Crippen LogP contribution in [0.2, 0.25) is 10.0 Å². The number of hydrogen-bond donors (Lipinski definition) is 0. The zero-order valence-corrected chi connectivity index (χ0v) is 11.1. The van der Waals surface area contributed by atoms with E-state index in [-0.39, 0.29) is 10.6 Å². The van der Waals surface area contributed by atoms with E-state index in [0.29, 0.717) is 17.1 Å². The lowest BCUT2D eigenvalue weighted by Crippen LogP contribution is -1.94. The Balaban J connectivity index is 2.72. The van der Waals surface area contributed by atoms with Crippen LogP contribution in [0, 0.1) is 0 Å². The summed E-state index contributed by atoms with van der Waals surface area (Å²) in [6, 6.07) is 11.3. The highest BCUT2D eigenvalue weighted by atomic mass is 35.5. The summed E-state index contributed by atoms with van der Waals surface area (Å²) in [5.41, 5.74) is 1.93. The van der Waals surface area contributed by atoms with Gasteiger partial charge in [0.05, 0.1) is 22.7 Å². The number of aldehydes is 1. The summed E-state index contributed by atoms with van der Waals surface area (Å²) in [4.78, 5) is 10.9. The van der Waals surface area contributed by atoms with Crippen LogP contribution in [0.25, 0.3) is 11.1 Å². The van der Waals surface area contributed by atoms with Crippen molar-refractivity contribution in [2.75, 3.05) is 7.11 Å². The average Bonchev–Trinajstić information content (AvgIpc) is 2.39. The minimum absolute atomic E-state index is 0.235. The molecule has 4 heteroatoms. The van der Waals surface area contributed by atoms with E-state index in [1.165, 1.54) is 7.11 Å². The van der Waals surface area contributed by atoms with Crippen LogP contribution in [0.3, 0.4) is 0 Å². The van der Waals surface area contributed by atoms with Gasteiger partial charge in [0.1, 0.15) is 5.75 Å². The molecule has 18 heavy (non-hydrogen) atoms. The lowest BCUT2D eigenvalue weighted by molar-refractivity contribution is 0.112. The zero-order chi connectivity index (χ0) is 13.1. The summed E-state index contributed by atoms with van der Waals surface area (Å²) in [7, 11) is 1.51. The van der Waals surface area contributed by atoms with Crippen molar-refractivity contribution in [3.05, 3.63) is 52.0 Å². The summed E-state index contributed by atoms with van der Waals surface area (Å²) in [6.45, 7) is 0. The first-order chi connectivity index (χ1) is 8.69. The minimum atomic E-state index is 0.235. The van der Waals surface area contributed by atoms with Crippen molar-refractivity contribution in [1.82, 2.24) is 0 Å². The topological polar surface area (TPSA) is 26.3 Å². The smallest absolute Gasteiger partial charge is 0.153 e. The van der Waals surface area contributed by atoms with Crippen molar-refractivity contribution < 1.29 is 9.53 Å². The Morgan fingerprint density at radius 2 is 1.83 bits per heavy atom. The SMILES string of the molecule is COc1c(-c2ccccc2)cc(Cl)c(C=O)c1Cl. The Kier molecular flexibility index (Phi) is 3.90. The summed E-state index contributed by atoms with van der Waals surface area (Å²) in [6.07, 6.45) is 0.627. The summed E-state index contributed by atoms with van der Waals surface area (Å²) >= 11 is 12.2. The van der Waals surface area contributed by atoms with Gasteiger partial charge in [-0.15, -0.1) is 0 Å². The fraction of sp³-hybridized carbons (Fsp3) is 0.0714. The third-order valence-corrected chi connectivity index (χ3v) is 3.30. The molecule has 0 aliphatic carbocycles. The van der Waals surface area contributed by atoms with Gasteiger partial charge in [-0.2, -0.15) is 0 Å². The molecule has 0 aliphatic heterocycles. The van der Waals surface area contributed by atoms with Crippen LogP contribution in [0.1, 0.15) is 10.4 Å². The Hall–Kier alpha value is -1.51. The van der Waals surface area contributed by atoms with Crippen LogP contribution in [0.5, 0.6) is 5.75 Å². The van der Waals surface area contributed by atoms with E-state index >= 15 is 0 Å². The predicted molar refractivity (Wildman–Crippen MR) is 73.8 cm³/mol. The highest BCUT2D eigenvalue weighted by Crippen LogP contribution is 2.41. The van der Waals surface area contributed by atoms with Crippen molar-refractivity contribution in [1.29, 1.82) is 0 Å². The van der Waals surface area contributed by atoms with Gasteiger partial charge in [-0.1, -0.05) is 53.5 Å². The number of halogens is 2. The highest BCUT2D eigenvalue weighted by molar-refractivity contribution is 6.40. The van der Waals surface area contributed by atoms with Crippen LogP contribution in [0.15, 0.2) is 36.4 Å². The third-order valence-electron chi connectivity index (χ3n) is 2.62. The molecule has 2 nitrogen and oxygen atoms in total.